The highest BCUT2D eigenvalue weighted by Crippen LogP contribution is 2.12. The van der Waals surface area contributed by atoms with Crippen LogP contribution in [0.2, 0.25) is 0 Å². The van der Waals surface area contributed by atoms with Crippen LogP contribution >= 0.6 is 0 Å². The Bertz CT molecular complexity index is 710. The van der Waals surface area contributed by atoms with Crippen LogP contribution in [0.25, 0.3) is 0 Å². The van der Waals surface area contributed by atoms with Crippen molar-refractivity contribution >= 4 is 5.78 Å². The topological polar surface area (TPSA) is 85.1 Å². The van der Waals surface area contributed by atoms with Gasteiger partial charge in [0.2, 0.25) is 0 Å². The molecule has 6 heteroatoms. The summed E-state index contributed by atoms with van der Waals surface area (Å²) in [6, 6.07) is 3.30. The van der Waals surface area contributed by atoms with E-state index in [1.807, 2.05) is 6.07 Å². The third kappa shape index (κ3) is 2.79. The molecule has 0 radical (unpaired) electrons. The van der Waals surface area contributed by atoms with Gasteiger partial charge in [0.25, 0.3) is 5.56 Å². The minimum Gasteiger partial charge on any atom is -0.469 e. The van der Waals surface area contributed by atoms with Gasteiger partial charge in [-0.1, -0.05) is 0 Å². The number of nitrogens with one attached hydrogen (secondary N) is 1. The highest BCUT2D eigenvalue weighted by Gasteiger charge is 2.16. The van der Waals surface area contributed by atoms with E-state index in [0.717, 1.165) is 10.3 Å². The molecule has 106 valence electrons. The average Bonchev–Trinajstić information content (AvgIpc) is 2.89. The van der Waals surface area contributed by atoms with Gasteiger partial charge in [0.15, 0.2) is 5.78 Å². The molecule has 0 spiro atoms. The predicted molar refractivity (Wildman–Crippen MR) is 73.1 cm³/mol. The van der Waals surface area contributed by atoms with E-state index in [9.17, 15) is 14.4 Å². The van der Waals surface area contributed by atoms with Crippen LogP contribution in [0, 0.1) is 0 Å². The lowest BCUT2D eigenvalue weighted by Crippen LogP contribution is -2.39. The molecule has 2 rings (SSSR count). The summed E-state index contributed by atoms with van der Waals surface area (Å²) in [6.45, 7) is 3.07. The maximum Gasteiger partial charge on any atom is 0.328 e. The van der Waals surface area contributed by atoms with Gasteiger partial charge in [-0.3, -0.25) is 14.2 Å². The Kier molecular flexibility index (Phi) is 4.02. The van der Waals surface area contributed by atoms with Gasteiger partial charge >= 0.3 is 5.69 Å². The number of ketones is 1. The highest BCUT2D eigenvalue weighted by atomic mass is 16.3. The fraction of sp³-hybridized carbons (Fsp3) is 0.357. The predicted octanol–water partition coefficient (Wildman–Crippen LogP) is 1.53. The van der Waals surface area contributed by atoms with E-state index in [-0.39, 0.29) is 17.4 Å². The molecule has 2 aromatic rings. The van der Waals surface area contributed by atoms with Crippen molar-refractivity contribution in [1.82, 2.24) is 9.55 Å². The lowest BCUT2D eigenvalue weighted by atomic mass is 10.1. The van der Waals surface area contributed by atoms with E-state index in [1.165, 1.54) is 13.1 Å². The summed E-state index contributed by atoms with van der Waals surface area (Å²) in [7, 11) is 0. The number of carbonyl (C=O) groups excluding carboxylic acids is 1. The van der Waals surface area contributed by atoms with Gasteiger partial charge in [-0.15, -0.1) is 0 Å². The van der Waals surface area contributed by atoms with Crippen LogP contribution in [0.15, 0.2) is 38.6 Å². The van der Waals surface area contributed by atoms with Crippen molar-refractivity contribution in [2.75, 3.05) is 0 Å². The Labute approximate surface area is 115 Å². The van der Waals surface area contributed by atoms with E-state index in [1.54, 1.807) is 19.3 Å². The standard InChI is InChI=1S/C14H16N2O4/c1-9(5-6-11-4-3-7-20-11)16-13(18)12(10(2)17)8-15-14(16)19/h3-4,7-9H,5-6H2,1-2H3,(H,15,19). The third-order valence-electron chi connectivity index (χ3n) is 3.22. The quantitative estimate of drug-likeness (QED) is 0.839. The maximum absolute atomic E-state index is 12.1. The number of aromatic nitrogens is 2. The zero-order valence-corrected chi connectivity index (χ0v) is 11.4. The normalized spacial score (nSPS) is 12.3. The SMILES string of the molecule is CC(=O)c1c[nH]c(=O)n(C(C)CCc2ccco2)c1=O. The van der Waals surface area contributed by atoms with Gasteiger partial charge in [0, 0.05) is 18.7 Å². The van der Waals surface area contributed by atoms with Crippen LogP contribution in [0.3, 0.4) is 0 Å². The summed E-state index contributed by atoms with van der Waals surface area (Å²) in [5.74, 6) is 0.433. The second-order valence-corrected chi connectivity index (χ2v) is 4.71. The molecule has 20 heavy (non-hydrogen) atoms. The van der Waals surface area contributed by atoms with Crippen LogP contribution in [0.5, 0.6) is 0 Å². The van der Waals surface area contributed by atoms with Crippen molar-refractivity contribution in [3.63, 3.8) is 0 Å². The summed E-state index contributed by atoms with van der Waals surface area (Å²) in [5, 5.41) is 0. The van der Waals surface area contributed by atoms with E-state index in [4.69, 9.17) is 4.42 Å². The molecule has 6 nitrogen and oxygen atoms in total. The van der Waals surface area contributed by atoms with E-state index in [0.29, 0.717) is 12.8 Å². The first-order chi connectivity index (χ1) is 9.50. The zero-order chi connectivity index (χ0) is 14.7. The number of H-pyrrole nitrogens is 1. The highest BCUT2D eigenvalue weighted by molar-refractivity contribution is 5.93. The van der Waals surface area contributed by atoms with Crippen LogP contribution in [0.4, 0.5) is 0 Å². The zero-order valence-electron chi connectivity index (χ0n) is 11.4. The largest absolute Gasteiger partial charge is 0.469 e. The van der Waals surface area contributed by atoms with Crippen molar-refractivity contribution in [2.24, 2.45) is 0 Å². The first kappa shape index (κ1) is 14.0. The number of nitrogens with zero attached hydrogens (tertiary/aromatic N) is 1. The molecule has 2 aromatic heterocycles. The number of carbonyl (C=O) groups is 1. The van der Waals surface area contributed by atoms with Gasteiger partial charge in [0.1, 0.15) is 5.76 Å². The molecular formula is C14H16N2O4. The summed E-state index contributed by atoms with van der Waals surface area (Å²) >= 11 is 0. The number of rotatable bonds is 5. The Hall–Kier alpha value is -2.37. The third-order valence-corrected chi connectivity index (χ3v) is 3.22. The Morgan fingerprint density at radius 3 is 2.80 bits per heavy atom. The summed E-state index contributed by atoms with van der Waals surface area (Å²) < 4.78 is 6.30. The monoisotopic (exact) mass is 276 g/mol. The van der Waals surface area contributed by atoms with Crippen molar-refractivity contribution in [3.8, 4) is 0 Å². The Morgan fingerprint density at radius 2 is 2.20 bits per heavy atom. The molecular weight excluding hydrogens is 260 g/mol. The molecule has 1 unspecified atom stereocenters. The van der Waals surface area contributed by atoms with E-state index in [2.05, 4.69) is 4.98 Å². The van der Waals surface area contributed by atoms with Gasteiger partial charge in [-0.2, -0.15) is 0 Å². The molecule has 0 amide bonds. The molecule has 0 aliphatic heterocycles. The number of hydrogen-bond donors (Lipinski definition) is 1. The summed E-state index contributed by atoms with van der Waals surface area (Å²) in [4.78, 5) is 37.7. The Morgan fingerprint density at radius 1 is 1.45 bits per heavy atom. The molecule has 0 bridgehead atoms. The van der Waals surface area contributed by atoms with E-state index < -0.39 is 11.2 Å². The minimum absolute atomic E-state index is 0.00514. The number of hydrogen-bond acceptors (Lipinski definition) is 4. The first-order valence-corrected chi connectivity index (χ1v) is 6.38. The molecule has 1 N–H and O–H groups in total. The number of aryl methyl sites for hydroxylation is 1. The fourth-order valence-electron chi connectivity index (χ4n) is 2.07. The van der Waals surface area contributed by atoms with Crippen LogP contribution < -0.4 is 11.2 Å². The van der Waals surface area contributed by atoms with Crippen molar-refractivity contribution < 1.29 is 9.21 Å². The molecule has 0 saturated carbocycles. The summed E-state index contributed by atoms with van der Waals surface area (Å²) in [6.07, 6.45) is 3.93. The minimum atomic E-state index is -0.548. The maximum atomic E-state index is 12.1. The molecule has 1 atom stereocenters. The van der Waals surface area contributed by atoms with Crippen molar-refractivity contribution in [3.05, 3.63) is 56.8 Å². The number of aromatic amines is 1. The molecule has 2 heterocycles. The molecule has 0 aliphatic rings. The summed E-state index contributed by atoms with van der Waals surface area (Å²) in [5.41, 5.74) is -1.06. The Balaban J connectivity index is 2.27. The lowest BCUT2D eigenvalue weighted by molar-refractivity contribution is 0.101. The lowest BCUT2D eigenvalue weighted by Gasteiger charge is -2.13. The second-order valence-electron chi connectivity index (χ2n) is 4.71. The van der Waals surface area contributed by atoms with Crippen molar-refractivity contribution in [2.45, 2.75) is 32.7 Å². The number of furan rings is 1. The van der Waals surface area contributed by atoms with Gasteiger partial charge in [-0.25, -0.2) is 4.79 Å². The second kappa shape index (κ2) is 5.73. The molecule has 0 aliphatic carbocycles. The van der Waals surface area contributed by atoms with Gasteiger partial charge in [-0.05, 0) is 32.4 Å². The molecule has 0 fully saturated rings. The van der Waals surface area contributed by atoms with Crippen molar-refractivity contribution in [1.29, 1.82) is 0 Å². The molecule has 0 aromatic carbocycles. The number of Topliss-reactive ketones (excluding diaryl/α,β-unsaturated/α-hetero) is 1. The van der Waals surface area contributed by atoms with Gasteiger partial charge in [0.05, 0.1) is 11.8 Å². The van der Waals surface area contributed by atoms with Crippen LogP contribution in [0.1, 0.15) is 42.4 Å². The average molecular weight is 276 g/mol. The fourth-order valence-corrected chi connectivity index (χ4v) is 2.07. The molecule has 0 saturated heterocycles. The first-order valence-electron chi connectivity index (χ1n) is 6.38. The van der Waals surface area contributed by atoms with Gasteiger partial charge < -0.3 is 9.40 Å². The van der Waals surface area contributed by atoms with Crippen LogP contribution in [-0.2, 0) is 6.42 Å². The smallest absolute Gasteiger partial charge is 0.328 e. The van der Waals surface area contributed by atoms with Crippen LogP contribution in [-0.4, -0.2) is 15.3 Å². The van der Waals surface area contributed by atoms with E-state index >= 15 is 0 Å².